The molecule has 0 fully saturated rings. The maximum atomic E-state index is 12.8. The first-order chi connectivity index (χ1) is 15.2. The van der Waals surface area contributed by atoms with Gasteiger partial charge in [-0.1, -0.05) is 54.2 Å². The minimum Gasteiger partial charge on any atom is -0.494 e. The molecule has 31 heavy (non-hydrogen) atoms. The van der Waals surface area contributed by atoms with Crippen LogP contribution < -0.4 is 10.1 Å². The highest BCUT2D eigenvalue weighted by Gasteiger charge is 2.19. The van der Waals surface area contributed by atoms with E-state index in [1.807, 2.05) is 73.0 Å². The van der Waals surface area contributed by atoms with Crippen molar-refractivity contribution in [1.29, 1.82) is 0 Å². The number of aryl methyl sites for hydroxylation is 1. The van der Waals surface area contributed by atoms with Gasteiger partial charge in [0, 0.05) is 4.88 Å². The van der Waals surface area contributed by atoms with E-state index in [9.17, 15) is 4.79 Å². The minimum absolute atomic E-state index is 0.0991. The molecule has 0 spiro atoms. The molecule has 1 N–H and O–H groups in total. The summed E-state index contributed by atoms with van der Waals surface area (Å²) in [5, 5.41) is 17.6. The number of hydrogen-bond acceptors (Lipinski definition) is 7. The zero-order valence-electron chi connectivity index (χ0n) is 17.1. The van der Waals surface area contributed by atoms with Crippen LogP contribution in [0, 0.1) is 6.92 Å². The maximum absolute atomic E-state index is 12.8. The molecule has 2 heterocycles. The average Bonchev–Trinajstić information content (AvgIpc) is 3.49. The molecule has 1 atom stereocenters. The number of amides is 1. The molecule has 2 aromatic heterocycles. The Kier molecular flexibility index (Phi) is 6.63. The number of carbonyl (C=O) groups excluding carboxylic acids is 1. The van der Waals surface area contributed by atoms with Crippen LogP contribution in [0.2, 0.25) is 0 Å². The van der Waals surface area contributed by atoms with Crippen molar-refractivity contribution in [3.8, 4) is 11.4 Å². The lowest BCUT2D eigenvalue weighted by atomic mass is 10.1. The molecule has 0 saturated heterocycles. The van der Waals surface area contributed by atoms with Crippen LogP contribution >= 0.6 is 23.1 Å². The number of nitrogens with zero attached hydrogens (tertiary/aromatic N) is 4. The second-order valence-corrected chi connectivity index (χ2v) is 8.69. The van der Waals surface area contributed by atoms with Gasteiger partial charge in [-0.05, 0) is 52.1 Å². The van der Waals surface area contributed by atoms with Gasteiger partial charge >= 0.3 is 0 Å². The molecule has 0 saturated carbocycles. The Morgan fingerprint density at radius 3 is 2.77 bits per heavy atom. The van der Waals surface area contributed by atoms with Gasteiger partial charge < -0.3 is 10.1 Å². The number of methoxy groups -OCH3 is 1. The second kappa shape index (κ2) is 9.76. The van der Waals surface area contributed by atoms with E-state index < -0.39 is 0 Å². The first kappa shape index (κ1) is 21.1. The molecule has 7 nitrogen and oxygen atoms in total. The van der Waals surface area contributed by atoms with Crippen molar-refractivity contribution in [2.75, 3.05) is 12.9 Å². The molecular formula is C22H21N5O2S2. The third kappa shape index (κ3) is 4.95. The second-order valence-electron chi connectivity index (χ2n) is 6.76. The topological polar surface area (TPSA) is 81.9 Å². The van der Waals surface area contributed by atoms with Crippen LogP contribution in [0.1, 0.15) is 22.0 Å². The SMILES string of the molecule is COc1ccc(C)cc1-n1nnnc1SCC(=O)N[C@@H](c1ccccc1)c1cccs1. The monoisotopic (exact) mass is 451 g/mol. The zero-order valence-corrected chi connectivity index (χ0v) is 18.7. The first-order valence-electron chi connectivity index (χ1n) is 9.59. The normalized spacial score (nSPS) is 11.8. The summed E-state index contributed by atoms with van der Waals surface area (Å²) in [6.45, 7) is 1.99. The van der Waals surface area contributed by atoms with Crippen molar-refractivity contribution in [2.24, 2.45) is 0 Å². The van der Waals surface area contributed by atoms with Crippen molar-refractivity contribution in [3.63, 3.8) is 0 Å². The number of tetrazole rings is 1. The number of thiophene rings is 1. The number of ether oxygens (including phenoxy) is 1. The van der Waals surface area contributed by atoms with Gasteiger partial charge in [0.05, 0.1) is 18.9 Å². The van der Waals surface area contributed by atoms with Gasteiger partial charge in [-0.3, -0.25) is 4.79 Å². The highest BCUT2D eigenvalue weighted by Crippen LogP contribution is 2.28. The Hall–Kier alpha value is -3.17. The fourth-order valence-corrected chi connectivity index (χ4v) is 4.64. The van der Waals surface area contributed by atoms with Crippen molar-refractivity contribution in [3.05, 3.63) is 82.0 Å². The number of aromatic nitrogens is 4. The molecule has 0 unspecified atom stereocenters. The summed E-state index contributed by atoms with van der Waals surface area (Å²) < 4.78 is 7.04. The smallest absolute Gasteiger partial charge is 0.231 e. The Balaban J connectivity index is 1.49. The van der Waals surface area contributed by atoms with Gasteiger partial charge in [0.25, 0.3) is 0 Å². The molecule has 9 heteroatoms. The van der Waals surface area contributed by atoms with E-state index in [0.717, 1.165) is 21.7 Å². The lowest BCUT2D eigenvalue weighted by Gasteiger charge is -2.18. The third-order valence-electron chi connectivity index (χ3n) is 4.60. The van der Waals surface area contributed by atoms with E-state index in [2.05, 4.69) is 20.8 Å². The predicted octanol–water partition coefficient (Wildman–Crippen LogP) is 4.04. The molecule has 4 rings (SSSR count). The fourth-order valence-electron chi connectivity index (χ4n) is 3.14. The number of benzene rings is 2. The summed E-state index contributed by atoms with van der Waals surface area (Å²) in [4.78, 5) is 13.9. The largest absolute Gasteiger partial charge is 0.494 e. The van der Waals surface area contributed by atoms with E-state index in [1.54, 1.807) is 23.1 Å². The van der Waals surface area contributed by atoms with E-state index in [0.29, 0.717) is 10.9 Å². The standard InChI is InChI=1S/C22H21N5O2S2/c1-15-10-11-18(29-2)17(13-15)27-22(24-25-26-27)31-14-20(28)23-21(19-9-6-12-30-19)16-7-4-3-5-8-16/h3-13,21H,14H2,1-2H3,(H,23,28)/t21-/m0/s1. The van der Waals surface area contributed by atoms with Crippen molar-refractivity contribution in [2.45, 2.75) is 18.1 Å². The molecule has 4 aromatic rings. The number of nitrogens with one attached hydrogen (secondary N) is 1. The Labute approximate surface area is 188 Å². The zero-order chi connectivity index (χ0) is 21.6. The quantitative estimate of drug-likeness (QED) is 0.407. The molecule has 0 aliphatic rings. The summed E-state index contributed by atoms with van der Waals surface area (Å²) >= 11 is 2.90. The molecule has 0 aliphatic carbocycles. The van der Waals surface area contributed by atoms with Crippen LogP contribution in [0.5, 0.6) is 5.75 Å². The lowest BCUT2D eigenvalue weighted by molar-refractivity contribution is -0.119. The van der Waals surface area contributed by atoms with Crippen LogP contribution in [0.15, 0.2) is 71.2 Å². The van der Waals surface area contributed by atoms with Crippen LogP contribution in [-0.4, -0.2) is 39.0 Å². The van der Waals surface area contributed by atoms with Crippen LogP contribution in [-0.2, 0) is 4.79 Å². The van der Waals surface area contributed by atoms with Gasteiger partial charge in [-0.15, -0.1) is 16.4 Å². The molecule has 0 radical (unpaired) electrons. The first-order valence-corrected chi connectivity index (χ1v) is 11.5. The van der Waals surface area contributed by atoms with E-state index in [-0.39, 0.29) is 17.7 Å². The predicted molar refractivity (Wildman–Crippen MR) is 122 cm³/mol. The molecular weight excluding hydrogens is 430 g/mol. The van der Waals surface area contributed by atoms with E-state index >= 15 is 0 Å². The van der Waals surface area contributed by atoms with Gasteiger partial charge in [0.2, 0.25) is 11.1 Å². The molecule has 158 valence electrons. The number of thioether (sulfide) groups is 1. The Morgan fingerprint density at radius 1 is 1.19 bits per heavy atom. The molecule has 2 aromatic carbocycles. The highest BCUT2D eigenvalue weighted by molar-refractivity contribution is 7.99. The Morgan fingerprint density at radius 2 is 2.03 bits per heavy atom. The number of rotatable bonds is 8. The number of hydrogen-bond donors (Lipinski definition) is 1. The highest BCUT2D eigenvalue weighted by atomic mass is 32.2. The van der Waals surface area contributed by atoms with E-state index in [4.69, 9.17) is 4.74 Å². The maximum Gasteiger partial charge on any atom is 0.231 e. The summed E-state index contributed by atoms with van der Waals surface area (Å²) in [5.74, 6) is 0.743. The van der Waals surface area contributed by atoms with Crippen LogP contribution in [0.3, 0.4) is 0 Å². The van der Waals surface area contributed by atoms with Gasteiger partial charge in [-0.25, -0.2) is 0 Å². The lowest BCUT2D eigenvalue weighted by Crippen LogP contribution is -2.30. The summed E-state index contributed by atoms with van der Waals surface area (Å²) in [5.41, 5.74) is 2.83. The average molecular weight is 452 g/mol. The van der Waals surface area contributed by atoms with Crippen molar-refractivity contribution < 1.29 is 9.53 Å². The van der Waals surface area contributed by atoms with Gasteiger partial charge in [0.1, 0.15) is 11.4 Å². The molecule has 0 bridgehead atoms. The van der Waals surface area contributed by atoms with Crippen molar-refractivity contribution >= 4 is 29.0 Å². The summed E-state index contributed by atoms with van der Waals surface area (Å²) in [7, 11) is 1.60. The molecule has 1 amide bonds. The minimum atomic E-state index is -0.192. The van der Waals surface area contributed by atoms with Crippen LogP contribution in [0.25, 0.3) is 5.69 Å². The van der Waals surface area contributed by atoms with Gasteiger partial charge in [-0.2, -0.15) is 4.68 Å². The van der Waals surface area contributed by atoms with Crippen LogP contribution in [0.4, 0.5) is 0 Å². The summed E-state index contributed by atoms with van der Waals surface area (Å²) in [6, 6.07) is 19.5. The third-order valence-corrected chi connectivity index (χ3v) is 6.46. The van der Waals surface area contributed by atoms with Gasteiger partial charge in [0.15, 0.2) is 0 Å². The summed E-state index contributed by atoms with van der Waals surface area (Å²) in [6.07, 6.45) is 0. The fraction of sp³-hybridized carbons (Fsp3) is 0.182. The molecule has 0 aliphatic heterocycles. The van der Waals surface area contributed by atoms with Crippen molar-refractivity contribution in [1.82, 2.24) is 25.5 Å². The Bertz CT molecular complexity index is 1150. The van der Waals surface area contributed by atoms with E-state index in [1.165, 1.54) is 11.8 Å². The number of carbonyl (C=O) groups is 1.